The van der Waals surface area contributed by atoms with Gasteiger partial charge in [-0.15, -0.1) is 0 Å². The molecular weight excluding hydrogens is 671 g/mol. The first-order chi connectivity index (χ1) is 27.2. The minimum atomic E-state index is 0.884. The highest BCUT2D eigenvalue weighted by molar-refractivity contribution is 6.11. The van der Waals surface area contributed by atoms with Gasteiger partial charge >= 0.3 is 0 Å². The first kappa shape index (κ1) is 31.2. The minimum Gasteiger partial charge on any atom is -0.456 e. The molecule has 9 aromatic carbocycles. The molecule has 2 heterocycles. The van der Waals surface area contributed by atoms with Crippen LogP contribution in [0.5, 0.6) is 0 Å². The molecular formula is C52H33NO2. The third-order valence-corrected chi connectivity index (χ3v) is 10.9. The van der Waals surface area contributed by atoms with E-state index in [1.54, 1.807) is 0 Å². The summed E-state index contributed by atoms with van der Waals surface area (Å²) in [6, 6.07) is 71.2. The number of hydrogen-bond donors (Lipinski definition) is 0. The Labute approximate surface area is 317 Å². The summed E-state index contributed by atoms with van der Waals surface area (Å²) in [6.07, 6.45) is 0. The number of furan rings is 2. The van der Waals surface area contributed by atoms with Gasteiger partial charge in [0.05, 0.1) is 11.4 Å². The first-order valence-corrected chi connectivity index (χ1v) is 18.7. The largest absolute Gasteiger partial charge is 0.456 e. The molecule has 0 unspecified atom stereocenters. The zero-order valence-electron chi connectivity index (χ0n) is 29.8. The summed E-state index contributed by atoms with van der Waals surface area (Å²) < 4.78 is 12.5. The standard InChI is InChI=1S/C52H33NO2/c1-2-12-35(13-3-1)41-16-6-9-19-47(41)53(40-26-22-34(23-27-40)38-24-28-50-44(31-38)43-18-8-11-21-49(43)54-50)48-20-10-7-17-42(48)39-25-29-51-45(32-39)46-30-36-14-4-5-15-37(36)33-52(46)55-51/h1-33H. The quantitative estimate of drug-likeness (QED) is 0.173. The van der Waals surface area contributed by atoms with E-state index in [0.717, 1.165) is 94.3 Å². The number of para-hydroxylation sites is 3. The van der Waals surface area contributed by atoms with Crippen LogP contribution >= 0.6 is 0 Å². The Morgan fingerprint density at radius 2 is 0.800 bits per heavy atom. The average molecular weight is 704 g/mol. The van der Waals surface area contributed by atoms with Crippen molar-refractivity contribution in [3.63, 3.8) is 0 Å². The predicted molar refractivity (Wildman–Crippen MR) is 229 cm³/mol. The van der Waals surface area contributed by atoms with Gasteiger partial charge < -0.3 is 13.7 Å². The summed E-state index contributed by atoms with van der Waals surface area (Å²) in [5.74, 6) is 0. The van der Waals surface area contributed by atoms with E-state index in [1.165, 1.54) is 10.8 Å². The van der Waals surface area contributed by atoms with E-state index < -0.39 is 0 Å². The molecule has 2 aromatic heterocycles. The van der Waals surface area contributed by atoms with E-state index in [-0.39, 0.29) is 0 Å². The number of benzene rings is 9. The van der Waals surface area contributed by atoms with Gasteiger partial charge in [-0.2, -0.15) is 0 Å². The normalized spacial score (nSPS) is 11.6. The van der Waals surface area contributed by atoms with Gasteiger partial charge in [0.2, 0.25) is 0 Å². The van der Waals surface area contributed by atoms with E-state index in [0.29, 0.717) is 0 Å². The Kier molecular flexibility index (Phi) is 7.17. The van der Waals surface area contributed by atoms with Crippen LogP contribution in [0.4, 0.5) is 17.1 Å². The third-order valence-electron chi connectivity index (χ3n) is 10.9. The van der Waals surface area contributed by atoms with Crippen molar-refractivity contribution in [2.24, 2.45) is 0 Å². The van der Waals surface area contributed by atoms with Crippen LogP contribution in [0.2, 0.25) is 0 Å². The monoisotopic (exact) mass is 703 g/mol. The molecule has 0 aliphatic heterocycles. The maximum atomic E-state index is 6.40. The molecule has 0 atom stereocenters. The lowest BCUT2D eigenvalue weighted by Gasteiger charge is -2.30. The predicted octanol–water partition coefficient (Wildman–Crippen LogP) is 15.1. The Bertz CT molecular complexity index is 3210. The highest BCUT2D eigenvalue weighted by atomic mass is 16.3. The van der Waals surface area contributed by atoms with Crippen LogP contribution in [0.1, 0.15) is 0 Å². The number of fused-ring (bicyclic) bond motifs is 7. The topological polar surface area (TPSA) is 29.5 Å². The van der Waals surface area contributed by atoms with Crippen molar-refractivity contribution in [1.29, 1.82) is 0 Å². The molecule has 3 heteroatoms. The molecule has 11 rings (SSSR count). The summed E-state index contributed by atoms with van der Waals surface area (Å²) in [6.45, 7) is 0. The Hall–Kier alpha value is -7.36. The van der Waals surface area contributed by atoms with E-state index >= 15 is 0 Å². The van der Waals surface area contributed by atoms with Crippen molar-refractivity contribution < 1.29 is 8.83 Å². The molecule has 0 radical (unpaired) electrons. The summed E-state index contributed by atoms with van der Waals surface area (Å²) >= 11 is 0. The van der Waals surface area contributed by atoms with E-state index in [4.69, 9.17) is 8.83 Å². The van der Waals surface area contributed by atoms with E-state index in [9.17, 15) is 0 Å². The minimum absolute atomic E-state index is 0.884. The number of anilines is 3. The molecule has 0 bridgehead atoms. The molecule has 0 fully saturated rings. The van der Waals surface area contributed by atoms with Crippen molar-refractivity contribution in [3.05, 3.63) is 200 Å². The third kappa shape index (κ3) is 5.28. The number of hydrogen-bond acceptors (Lipinski definition) is 3. The summed E-state index contributed by atoms with van der Waals surface area (Å²) in [5.41, 5.74) is 13.7. The van der Waals surface area contributed by atoms with Crippen LogP contribution in [0.25, 0.3) is 88.0 Å². The summed E-state index contributed by atoms with van der Waals surface area (Å²) in [4.78, 5) is 2.40. The van der Waals surface area contributed by atoms with Gasteiger partial charge in [0, 0.05) is 38.4 Å². The lowest BCUT2D eigenvalue weighted by atomic mass is 9.97. The molecule has 0 aliphatic carbocycles. The Morgan fingerprint density at radius 3 is 1.56 bits per heavy atom. The van der Waals surface area contributed by atoms with Crippen molar-refractivity contribution in [2.75, 3.05) is 4.90 Å². The molecule has 0 N–H and O–H groups in total. The van der Waals surface area contributed by atoms with Gasteiger partial charge in [0.1, 0.15) is 22.3 Å². The van der Waals surface area contributed by atoms with Crippen LogP contribution in [0.3, 0.4) is 0 Å². The smallest absolute Gasteiger partial charge is 0.136 e. The van der Waals surface area contributed by atoms with Crippen molar-refractivity contribution in [2.45, 2.75) is 0 Å². The summed E-state index contributed by atoms with van der Waals surface area (Å²) in [7, 11) is 0. The van der Waals surface area contributed by atoms with Gasteiger partial charge in [0.25, 0.3) is 0 Å². The molecule has 0 saturated heterocycles. The fraction of sp³-hybridized carbons (Fsp3) is 0. The second-order valence-electron chi connectivity index (χ2n) is 14.1. The lowest BCUT2D eigenvalue weighted by Crippen LogP contribution is -2.12. The molecule has 55 heavy (non-hydrogen) atoms. The SMILES string of the molecule is c1ccc(-c2ccccc2N(c2ccc(-c3ccc4oc5ccccc5c4c3)cc2)c2ccccc2-c2ccc3oc4cc5ccccc5cc4c3c2)cc1. The van der Waals surface area contributed by atoms with Gasteiger partial charge in [-0.25, -0.2) is 0 Å². The highest BCUT2D eigenvalue weighted by Crippen LogP contribution is 2.46. The fourth-order valence-electron chi connectivity index (χ4n) is 8.19. The second-order valence-corrected chi connectivity index (χ2v) is 14.1. The Morgan fingerprint density at radius 1 is 0.291 bits per heavy atom. The molecule has 258 valence electrons. The van der Waals surface area contributed by atoms with Crippen LogP contribution in [-0.4, -0.2) is 0 Å². The van der Waals surface area contributed by atoms with Crippen molar-refractivity contribution in [3.8, 4) is 33.4 Å². The molecule has 0 amide bonds. The average Bonchev–Trinajstić information content (AvgIpc) is 3.81. The van der Waals surface area contributed by atoms with Crippen LogP contribution < -0.4 is 4.90 Å². The van der Waals surface area contributed by atoms with Gasteiger partial charge in [-0.3, -0.25) is 0 Å². The molecule has 0 spiro atoms. The van der Waals surface area contributed by atoms with Gasteiger partial charge in [-0.1, -0.05) is 133 Å². The van der Waals surface area contributed by atoms with E-state index in [1.807, 2.05) is 12.1 Å². The Balaban J connectivity index is 1.08. The molecule has 0 saturated carbocycles. The number of nitrogens with zero attached hydrogens (tertiary/aromatic N) is 1. The van der Waals surface area contributed by atoms with Crippen molar-refractivity contribution in [1.82, 2.24) is 0 Å². The zero-order chi connectivity index (χ0) is 36.3. The second kappa shape index (κ2) is 12.6. The van der Waals surface area contributed by atoms with Crippen LogP contribution in [0.15, 0.2) is 209 Å². The summed E-state index contributed by atoms with van der Waals surface area (Å²) in [5, 5.41) is 6.86. The molecule has 3 nitrogen and oxygen atoms in total. The first-order valence-electron chi connectivity index (χ1n) is 18.7. The van der Waals surface area contributed by atoms with Gasteiger partial charge in [-0.05, 0) is 99.8 Å². The van der Waals surface area contributed by atoms with Crippen LogP contribution in [0, 0.1) is 0 Å². The lowest BCUT2D eigenvalue weighted by molar-refractivity contribution is 0.669. The van der Waals surface area contributed by atoms with Crippen molar-refractivity contribution >= 4 is 71.7 Å². The maximum absolute atomic E-state index is 6.40. The van der Waals surface area contributed by atoms with Crippen LogP contribution in [-0.2, 0) is 0 Å². The molecule has 11 aromatic rings. The maximum Gasteiger partial charge on any atom is 0.136 e. The van der Waals surface area contributed by atoms with Gasteiger partial charge in [0.15, 0.2) is 0 Å². The number of rotatable bonds is 6. The zero-order valence-corrected chi connectivity index (χ0v) is 29.8. The van der Waals surface area contributed by atoms with E-state index in [2.05, 4.69) is 193 Å². The molecule has 0 aliphatic rings. The highest BCUT2D eigenvalue weighted by Gasteiger charge is 2.21. The fourth-order valence-corrected chi connectivity index (χ4v) is 8.19.